The molecule has 3 N–H and O–H groups in total. The van der Waals surface area contributed by atoms with E-state index in [0.717, 1.165) is 5.56 Å². The molecular weight excluding hydrogens is 438 g/mol. The summed E-state index contributed by atoms with van der Waals surface area (Å²) < 4.78 is 6.32. The van der Waals surface area contributed by atoms with E-state index in [4.69, 9.17) is 4.74 Å². The minimum absolute atomic E-state index is 0.187. The molecule has 0 saturated heterocycles. The number of anilines is 1. The highest BCUT2D eigenvalue weighted by atomic mass is 16.5. The van der Waals surface area contributed by atoms with Gasteiger partial charge < -0.3 is 20.7 Å². The smallest absolute Gasteiger partial charge is 0.254 e. The van der Waals surface area contributed by atoms with Gasteiger partial charge in [-0.25, -0.2) is 4.98 Å². The summed E-state index contributed by atoms with van der Waals surface area (Å²) in [4.78, 5) is 52.0. The number of benzene rings is 2. The maximum absolute atomic E-state index is 12.4. The topological polar surface area (TPSA) is 131 Å². The summed E-state index contributed by atoms with van der Waals surface area (Å²) in [5.41, 5.74) is 1.92. The lowest BCUT2D eigenvalue weighted by Gasteiger charge is -2.09. The predicted octanol–water partition coefficient (Wildman–Crippen LogP) is 1.42. The first kappa shape index (κ1) is 24.2. The summed E-state index contributed by atoms with van der Waals surface area (Å²) in [5.74, 6) is -0.183. The van der Waals surface area contributed by atoms with Crippen LogP contribution in [-0.2, 0) is 16.1 Å². The second-order valence-corrected chi connectivity index (χ2v) is 7.33. The lowest BCUT2D eigenvalue weighted by atomic mass is 10.1. The number of nitrogens with zero attached hydrogens (tertiary/aromatic N) is 2. The Balaban J connectivity index is 1.45. The van der Waals surface area contributed by atoms with Crippen molar-refractivity contribution in [1.82, 2.24) is 20.2 Å². The van der Waals surface area contributed by atoms with E-state index < -0.39 is 0 Å². The Kier molecular flexibility index (Phi) is 8.11. The average molecular weight is 463 g/mol. The zero-order valence-corrected chi connectivity index (χ0v) is 18.8. The van der Waals surface area contributed by atoms with Gasteiger partial charge in [0.1, 0.15) is 12.3 Å². The third kappa shape index (κ3) is 6.76. The lowest BCUT2D eigenvalue weighted by Crippen LogP contribution is -2.37. The van der Waals surface area contributed by atoms with Gasteiger partial charge in [-0.05, 0) is 48.5 Å². The Morgan fingerprint density at radius 1 is 0.971 bits per heavy atom. The average Bonchev–Trinajstić information content (AvgIpc) is 2.83. The minimum Gasteiger partial charge on any atom is -0.497 e. The Bertz CT molecular complexity index is 1220. The molecule has 10 nitrogen and oxygen atoms in total. The van der Waals surface area contributed by atoms with Crippen LogP contribution in [-0.4, -0.2) is 47.5 Å². The molecule has 0 fully saturated rings. The number of carbonyl (C=O) groups is 3. The van der Waals surface area contributed by atoms with E-state index in [1.165, 1.54) is 23.9 Å². The fraction of sp³-hybridized carbons (Fsp3) is 0.208. The molecule has 3 aromatic rings. The van der Waals surface area contributed by atoms with Gasteiger partial charge in [0.25, 0.3) is 11.5 Å². The van der Waals surface area contributed by atoms with Crippen molar-refractivity contribution >= 4 is 23.4 Å². The van der Waals surface area contributed by atoms with E-state index >= 15 is 0 Å². The van der Waals surface area contributed by atoms with E-state index in [1.807, 2.05) is 0 Å². The van der Waals surface area contributed by atoms with Crippen LogP contribution in [0.3, 0.4) is 0 Å². The Labute approximate surface area is 196 Å². The number of aromatic nitrogens is 2. The van der Waals surface area contributed by atoms with Gasteiger partial charge in [0.15, 0.2) is 0 Å². The second-order valence-electron chi connectivity index (χ2n) is 7.33. The zero-order chi connectivity index (χ0) is 24.5. The molecule has 1 heterocycles. The minimum atomic E-state index is -0.380. The molecule has 2 aromatic carbocycles. The maximum Gasteiger partial charge on any atom is 0.254 e. The molecule has 1 aromatic heterocycles. The lowest BCUT2D eigenvalue weighted by molar-refractivity contribution is -0.121. The highest BCUT2D eigenvalue weighted by molar-refractivity contribution is 5.95. The Morgan fingerprint density at radius 3 is 2.26 bits per heavy atom. The molecule has 10 heteroatoms. The van der Waals surface area contributed by atoms with Gasteiger partial charge in [-0.2, -0.15) is 0 Å². The number of hydrogen-bond donors (Lipinski definition) is 3. The molecule has 176 valence electrons. The number of carbonyl (C=O) groups excluding carboxylic acids is 3. The molecule has 0 unspecified atom stereocenters. The molecule has 34 heavy (non-hydrogen) atoms. The van der Waals surface area contributed by atoms with Crippen molar-refractivity contribution in [3.05, 3.63) is 76.8 Å². The number of rotatable bonds is 9. The van der Waals surface area contributed by atoms with Crippen LogP contribution in [0.5, 0.6) is 5.75 Å². The quantitative estimate of drug-likeness (QED) is 0.412. The first-order valence-corrected chi connectivity index (χ1v) is 10.5. The Hall–Kier alpha value is -4.47. The van der Waals surface area contributed by atoms with Crippen LogP contribution in [0.25, 0.3) is 11.3 Å². The molecule has 0 bridgehead atoms. The Morgan fingerprint density at radius 2 is 1.65 bits per heavy atom. The fourth-order valence-corrected chi connectivity index (χ4v) is 3.06. The molecule has 0 spiro atoms. The molecule has 3 amide bonds. The van der Waals surface area contributed by atoms with Gasteiger partial charge in [-0.1, -0.05) is 0 Å². The second kappa shape index (κ2) is 11.4. The normalized spacial score (nSPS) is 10.3. The molecule has 0 aliphatic heterocycles. The zero-order valence-electron chi connectivity index (χ0n) is 18.8. The first-order chi connectivity index (χ1) is 16.4. The van der Waals surface area contributed by atoms with Crippen LogP contribution in [0.1, 0.15) is 17.3 Å². The van der Waals surface area contributed by atoms with E-state index in [9.17, 15) is 19.2 Å². The number of methoxy groups -OCH3 is 1. The summed E-state index contributed by atoms with van der Waals surface area (Å²) in [5, 5.41) is 7.97. The molecular formula is C24H25N5O5. The van der Waals surface area contributed by atoms with E-state index in [-0.39, 0.29) is 42.9 Å². The number of hydrogen-bond acceptors (Lipinski definition) is 6. The summed E-state index contributed by atoms with van der Waals surface area (Å²) in [7, 11) is 1.57. The van der Waals surface area contributed by atoms with Crippen LogP contribution in [0.4, 0.5) is 5.69 Å². The highest BCUT2D eigenvalue weighted by Gasteiger charge is 2.09. The van der Waals surface area contributed by atoms with Crippen molar-refractivity contribution in [3.63, 3.8) is 0 Å². The van der Waals surface area contributed by atoms with Gasteiger partial charge in [-0.15, -0.1) is 0 Å². The number of ether oxygens (including phenoxy) is 1. The summed E-state index contributed by atoms with van der Waals surface area (Å²) >= 11 is 0. The first-order valence-electron chi connectivity index (χ1n) is 10.5. The third-order valence-corrected chi connectivity index (χ3v) is 4.78. The van der Waals surface area contributed by atoms with Crippen LogP contribution in [0.2, 0.25) is 0 Å². The van der Waals surface area contributed by atoms with Gasteiger partial charge in [0.05, 0.1) is 19.1 Å². The van der Waals surface area contributed by atoms with E-state index in [1.54, 1.807) is 55.6 Å². The third-order valence-electron chi connectivity index (χ3n) is 4.78. The number of amides is 3. The van der Waals surface area contributed by atoms with Crippen molar-refractivity contribution in [3.8, 4) is 17.0 Å². The van der Waals surface area contributed by atoms with E-state index in [0.29, 0.717) is 22.7 Å². The van der Waals surface area contributed by atoms with Gasteiger partial charge >= 0.3 is 0 Å². The number of nitrogens with one attached hydrogen (secondary N) is 3. The van der Waals surface area contributed by atoms with Crippen LogP contribution >= 0.6 is 0 Å². The highest BCUT2D eigenvalue weighted by Crippen LogP contribution is 2.19. The maximum atomic E-state index is 12.4. The van der Waals surface area contributed by atoms with Crippen molar-refractivity contribution in [1.29, 1.82) is 0 Å². The molecule has 0 radical (unpaired) electrons. The van der Waals surface area contributed by atoms with Crippen molar-refractivity contribution in [2.24, 2.45) is 0 Å². The van der Waals surface area contributed by atoms with Gasteiger partial charge in [-0.3, -0.25) is 23.7 Å². The van der Waals surface area contributed by atoms with Gasteiger partial charge in [0.2, 0.25) is 11.8 Å². The van der Waals surface area contributed by atoms with E-state index in [2.05, 4.69) is 20.9 Å². The van der Waals surface area contributed by atoms with Crippen molar-refractivity contribution < 1.29 is 19.1 Å². The van der Waals surface area contributed by atoms with Crippen LogP contribution < -0.4 is 26.2 Å². The molecule has 0 aliphatic rings. The molecule has 0 aliphatic carbocycles. The molecule has 0 saturated carbocycles. The summed E-state index contributed by atoms with van der Waals surface area (Å²) in [6, 6.07) is 14.9. The monoisotopic (exact) mass is 463 g/mol. The van der Waals surface area contributed by atoms with Crippen molar-refractivity contribution in [2.75, 3.05) is 25.5 Å². The molecule has 0 atom stereocenters. The van der Waals surface area contributed by atoms with Crippen molar-refractivity contribution in [2.45, 2.75) is 13.5 Å². The SMILES string of the molecule is COc1ccc(-c2cc(=O)n(CC(=O)NCCNC(=O)c3ccc(NC(C)=O)cc3)cn2)cc1. The summed E-state index contributed by atoms with van der Waals surface area (Å²) in [6.45, 7) is 1.62. The summed E-state index contributed by atoms with van der Waals surface area (Å²) in [6.07, 6.45) is 1.33. The fourth-order valence-electron chi connectivity index (χ4n) is 3.06. The largest absolute Gasteiger partial charge is 0.497 e. The van der Waals surface area contributed by atoms with Crippen LogP contribution in [0, 0.1) is 0 Å². The molecule has 3 rings (SSSR count). The van der Waals surface area contributed by atoms with Crippen LogP contribution in [0.15, 0.2) is 65.7 Å². The van der Waals surface area contributed by atoms with Gasteiger partial charge in [0, 0.05) is 42.9 Å². The standard InChI is InChI=1S/C24H25N5O5/c1-16(30)28-19-7-3-18(4-8-19)24(33)26-12-11-25-22(31)14-29-15-27-21(13-23(29)32)17-5-9-20(34-2)10-6-17/h3-10,13,15H,11-12,14H2,1-2H3,(H,25,31)(H,26,33)(H,28,30). The predicted molar refractivity (Wildman–Crippen MR) is 127 cm³/mol.